The Morgan fingerprint density at radius 1 is 0.900 bits per heavy atom. The third-order valence-electron chi connectivity index (χ3n) is 5.44. The highest BCUT2D eigenvalue weighted by molar-refractivity contribution is 6.99. The van der Waals surface area contributed by atoms with Crippen molar-refractivity contribution in [1.29, 1.82) is 0 Å². The first-order chi connectivity index (χ1) is 14.3. The molecule has 30 heavy (non-hydrogen) atoms. The summed E-state index contributed by atoms with van der Waals surface area (Å²) in [5, 5.41) is 2.62. The lowest BCUT2D eigenvalue weighted by molar-refractivity contribution is 0.304. The van der Waals surface area contributed by atoms with Gasteiger partial charge in [0.2, 0.25) is 0 Å². The number of aryl methyl sites for hydroxylation is 1. The van der Waals surface area contributed by atoms with Crippen molar-refractivity contribution in [1.82, 2.24) is 9.97 Å². The fraction of sp³-hybridized carbons (Fsp3) is 0.308. The summed E-state index contributed by atoms with van der Waals surface area (Å²) in [5.41, 5.74) is 2.16. The average Bonchev–Trinajstić information content (AvgIpc) is 2.74. The van der Waals surface area contributed by atoms with E-state index >= 15 is 0 Å². The predicted octanol–water partition coefficient (Wildman–Crippen LogP) is 5.16. The maximum atomic E-state index is 6.93. The van der Waals surface area contributed by atoms with Crippen LogP contribution in [-0.2, 0) is 4.43 Å². The highest BCUT2D eigenvalue weighted by atomic mass is 28.4. The minimum absolute atomic E-state index is 0.00542. The summed E-state index contributed by atoms with van der Waals surface area (Å²) in [7, 11) is -2.47. The van der Waals surface area contributed by atoms with Crippen LogP contribution in [0.4, 0.5) is 0 Å². The Labute approximate surface area is 182 Å². The Morgan fingerprint density at radius 2 is 1.40 bits per heavy atom. The molecule has 0 bridgehead atoms. The molecule has 0 aliphatic heterocycles. The summed E-state index contributed by atoms with van der Waals surface area (Å²) < 4.78 is 6.93. The molecular formula is C26H32N2OSi. The fourth-order valence-corrected chi connectivity index (χ4v) is 8.52. The van der Waals surface area contributed by atoms with E-state index in [9.17, 15) is 0 Å². The quantitative estimate of drug-likeness (QED) is 0.394. The van der Waals surface area contributed by atoms with Crippen LogP contribution in [-0.4, -0.2) is 24.9 Å². The van der Waals surface area contributed by atoms with Crippen molar-refractivity contribution in [2.24, 2.45) is 0 Å². The van der Waals surface area contributed by atoms with Gasteiger partial charge in [0.25, 0.3) is 8.32 Å². The van der Waals surface area contributed by atoms with Gasteiger partial charge in [0, 0.05) is 19.0 Å². The van der Waals surface area contributed by atoms with Crippen molar-refractivity contribution in [3.8, 4) is 0 Å². The van der Waals surface area contributed by atoms with Crippen LogP contribution in [0.5, 0.6) is 0 Å². The number of rotatable bonds is 7. The van der Waals surface area contributed by atoms with Gasteiger partial charge in [0.05, 0.1) is 0 Å². The molecule has 0 atom stereocenters. The Kier molecular flexibility index (Phi) is 7.01. The van der Waals surface area contributed by atoms with E-state index in [0.717, 1.165) is 23.4 Å². The Morgan fingerprint density at radius 3 is 1.87 bits per heavy atom. The second kappa shape index (κ2) is 9.50. The molecule has 3 rings (SSSR count). The minimum atomic E-state index is -2.47. The Hall–Kier alpha value is -2.56. The number of benzene rings is 2. The maximum absolute atomic E-state index is 6.93. The number of hydrogen-bond donors (Lipinski definition) is 0. The van der Waals surface area contributed by atoms with Crippen molar-refractivity contribution < 1.29 is 4.43 Å². The molecular weight excluding hydrogens is 384 g/mol. The zero-order valence-corrected chi connectivity index (χ0v) is 19.7. The van der Waals surface area contributed by atoms with Gasteiger partial charge in [-0.05, 0) is 46.8 Å². The van der Waals surface area contributed by atoms with Crippen LogP contribution in [0.15, 0.2) is 79.1 Å². The van der Waals surface area contributed by atoms with Crippen LogP contribution in [0.1, 0.15) is 45.5 Å². The molecule has 0 N–H and O–H groups in total. The zero-order chi connectivity index (χ0) is 21.6. The second-order valence-electron chi connectivity index (χ2n) is 8.77. The zero-order valence-electron chi connectivity index (χ0n) is 18.7. The van der Waals surface area contributed by atoms with E-state index in [1.165, 1.54) is 10.4 Å². The molecule has 0 aliphatic carbocycles. The number of hydrogen-bond acceptors (Lipinski definition) is 3. The van der Waals surface area contributed by atoms with E-state index in [1.54, 1.807) is 0 Å². The van der Waals surface area contributed by atoms with E-state index in [0.29, 0.717) is 6.61 Å². The van der Waals surface area contributed by atoms with Crippen LogP contribution in [0.25, 0.3) is 5.57 Å². The van der Waals surface area contributed by atoms with Gasteiger partial charge in [-0.15, -0.1) is 0 Å². The highest BCUT2D eigenvalue weighted by Gasteiger charge is 2.49. The molecule has 0 fully saturated rings. The summed E-state index contributed by atoms with van der Waals surface area (Å²) in [4.78, 5) is 8.86. The minimum Gasteiger partial charge on any atom is -0.407 e. The molecule has 1 heterocycles. The topological polar surface area (TPSA) is 35.0 Å². The lowest BCUT2D eigenvalue weighted by Crippen LogP contribution is -2.66. The number of aromatic nitrogens is 2. The van der Waals surface area contributed by atoms with Crippen LogP contribution in [0.3, 0.4) is 0 Å². The van der Waals surface area contributed by atoms with Crippen LogP contribution in [0, 0.1) is 6.92 Å². The van der Waals surface area contributed by atoms with Gasteiger partial charge < -0.3 is 4.43 Å². The largest absolute Gasteiger partial charge is 0.407 e. The standard InChI is InChI=1S/C26H32N2OSi/c1-21-19-27-25(28-20-21)22(2)13-12-18-29-30(26(3,4)5,23-14-8-6-9-15-23)24-16-10-7-11-17-24/h6-11,13-17,19-20H,12,18H2,1-5H3/b22-13+. The van der Waals surface area contributed by atoms with E-state index < -0.39 is 8.32 Å². The molecule has 0 spiro atoms. The van der Waals surface area contributed by atoms with E-state index in [2.05, 4.69) is 104 Å². The monoisotopic (exact) mass is 416 g/mol. The normalized spacial score (nSPS) is 12.8. The lowest BCUT2D eigenvalue weighted by atomic mass is 10.2. The SMILES string of the molecule is C/C(=C\CCO[Si](c1ccccc1)(c1ccccc1)C(C)(C)C)c1ncc(C)cn1. The van der Waals surface area contributed by atoms with E-state index in [1.807, 2.05) is 19.3 Å². The third-order valence-corrected chi connectivity index (χ3v) is 10.5. The lowest BCUT2D eigenvalue weighted by Gasteiger charge is -2.43. The van der Waals surface area contributed by atoms with Crippen molar-refractivity contribution in [3.63, 3.8) is 0 Å². The van der Waals surface area contributed by atoms with Gasteiger partial charge in [-0.1, -0.05) is 87.5 Å². The van der Waals surface area contributed by atoms with Crippen molar-refractivity contribution in [2.45, 2.75) is 46.1 Å². The van der Waals surface area contributed by atoms with Gasteiger partial charge in [-0.3, -0.25) is 0 Å². The van der Waals surface area contributed by atoms with E-state index in [-0.39, 0.29) is 5.04 Å². The Balaban J connectivity index is 1.88. The molecule has 3 aromatic rings. The van der Waals surface area contributed by atoms with Crippen molar-refractivity contribution >= 4 is 24.3 Å². The summed E-state index contributed by atoms with van der Waals surface area (Å²) in [6, 6.07) is 21.5. The third kappa shape index (κ3) is 4.77. The van der Waals surface area contributed by atoms with Crippen LogP contribution in [0.2, 0.25) is 5.04 Å². The first kappa shape index (κ1) is 22.1. The van der Waals surface area contributed by atoms with Crippen LogP contribution < -0.4 is 10.4 Å². The molecule has 156 valence electrons. The van der Waals surface area contributed by atoms with Gasteiger partial charge >= 0.3 is 0 Å². The number of allylic oxidation sites excluding steroid dienone is 1. The average molecular weight is 417 g/mol. The van der Waals surface area contributed by atoms with Gasteiger partial charge in [-0.2, -0.15) is 0 Å². The molecule has 0 amide bonds. The van der Waals surface area contributed by atoms with Crippen LogP contribution >= 0.6 is 0 Å². The molecule has 0 radical (unpaired) electrons. The predicted molar refractivity (Wildman–Crippen MR) is 129 cm³/mol. The smallest absolute Gasteiger partial charge is 0.261 e. The maximum Gasteiger partial charge on any atom is 0.261 e. The first-order valence-electron chi connectivity index (χ1n) is 10.6. The van der Waals surface area contributed by atoms with Gasteiger partial charge in [-0.25, -0.2) is 9.97 Å². The molecule has 0 saturated heterocycles. The van der Waals surface area contributed by atoms with Crippen molar-refractivity contribution in [2.75, 3.05) is 6.61 Å². The highest BCUT2D eigenvalue weighted by Crippen LogP contribution is 2.36. The van der Waals surface area contributed by atoms with Gasteiger partial charge in [0.1, 0.15) is 0 Å². The molecule has 3 nitrogen and oxygen atoms in total. The number of nitrogens with zero attached hydrogens (tertiary/aromatic N) is 2. The molecule has 0 saturated carbocycles. The van der Waals surface area contributed by atoms with Gasteiger partial charge in [0.15, 0.2) is 5.82 Å². The summed E-state index contributed by atoms with van der Waals surface area (Å²) in [5.74, 6) is 0.783. The fourth-order valence-electron chi connectivity index (χ4n) is 3.94. The molecule has 2 aromatic carbocycles. The Bertz CT molecular complexity index is 922. The van der Waals surface area contributed by atoms with Crippen molar-refractivity contribution in [3.05, 3.63) is 90.5 Å². The van der Waals surface area contributed by atoms with E-state index in [4.69, 9.17) is 4.43 Å². The first-order valence-corrected chi connectivity index (χ1v) is 12.5. The molecule has 0 aliphatic rings. The summed E-state index contributed by atoms with van der Waals surface area (Å²) in [6.07, 6.45) is 6.73. The molecule has 4 heteroatoms. The molecule has 1 aromatic heterocycles. The summed E-state index contributed by atoms with van der Waals surface area (Å²) >= 11 is 0. The summed E-state index contributed by atoms with van der Waals surface area (Å²) in [6.45, 7) is 11.6. The second-order valence-corrected chi connectivity index (χ2v) is 13.1. The molecule has 0 unspecified atom stereocenters.